The summed E-state index contributed by atoms with van der Waals surface area (Å²) in [4.78, 5) is 26.2. The Morgan fingerprint density at radius 1 is 1.35 bits per heavy atom. The second kappa shape index (κ2) is 4.99. The molecule has 20 heavy (non-hydrogen) atoms. The van der Waals surface area contributed by atoms with Gasteiger partial charge in [0.25, 0.3) is 0 Å². The maximum Gasteiger partial charge on any atom is 0.416 e. The smallest absolute Gasteiger partial charge is 0.416 e. The molecule has 0 bridgehead atoms. The zero-order valence-electron chi connectivity index (χ0n) is 10.4. The zero-order chi connectivity index (χ0) is 14.9. The van der Waals surface area contributed by atoms with E-state index < -0.39 is 23.1 Å². The molecule has 1 aromatic heterocycles. The molecule has 2 aromatic rings. The average molecular weight is 285 g/mol. The number of H-pyrrole nitrogens is 1. The molecule has 1 N–H and O–H groups in total. The molecule has 0 spiro atoms. The Morgan fingerprint density at radius 3 is 2.65 bits per heavy atom. The SMILES string of the molecule is CCOC(=O)c1c[nH]c2ccc(C(F)(F)F)cc2c1=O. The van der Waals surface area contributed by atoms with E-state index in [9.17, 15) is 22.8 Å². The molecule has 0 saturated heterocycles. The standard InChI is InChI=1S/C13H10F3NO3/c1-2-20-12(19)9-6-17-10-4-3-7(13(14,15)16)5-8(10)11(9)18/h3-6H,2H2,1H3,(H,17,18). The Bertz CT molecular complexity index is 719. The number of pyridine rings is 1. The van der Waals surface area contributed by atoms with Gasteiger partial charge in [-0.2, -0.15) is 13.2 Å². The highest BCUT2D eigenvalue weighted by Crippen LogP contribution is 2.30. The normalized spacial score (nSPS) is 11.6. The number of aromatic nitrogens is 1. The third kappa shape index (κ3) is 2.52. The van der Waals surface area contributed by atoms with Gasteiger partial charge in [-0.15, -0.1) is 0 Å². The van der Waals surface area contributed by atoms with Crippen molar-refractivity contribution < 1.29 is 22.7 Å². The Morgan fingerprint density at radius 2 is 2.05 bits per heavy atom. The van der Waals surface area contributed by atoms with E-state index in [2.05, 4.69) is 9.72 Å². The number of carbonyl (C=O) groups excluding carboxylic acids is 1. The van der Waals surface area contributed by atoms with Gasteiger partial charge in [-0.05, 0) is 25.1 Å². The van der Waals surface area contributed by atoms with Gasteiger partial charge < -0.3 is 9.72 Å². The second-order valence-electron chi connectivity index (χ2n) is 4.01. The minimum absolute atomic E-state index is 0.0684. The summed E-state index contributed by atoms with van der Waals surface area (Å²) < 4.78 is 42.5. The predicted octanol–water partition coefficient (Wildman–Crippen LogP) is 2.72. The van der Waals surface area contributed by atoms with Gasteiger partial charge in [0.15, 0.2) is 0 Å². The van der Waals surface area contributed by atoms with Crippen LogP contribution < -0.4 is 5.43 Å². The fraction of sp³-hybridized carbons (Fsp3) is 0.231. The Labute approximate surface area is 111 Å². The van der Waals surface area contributed by atoms with Crippen LogP contribution in [0.2, 0.25) is 0 Å². The van der Waals surface area contributed by atoms with Crippen molar-refractivity contribution in [3.63, 3.8) is 0 Å². The molecule has 0 radical (unpaired) electrons. The van der Waals surface area contributed by atoms with E-state index in [1.54, 1.807) is 6.92 Å². The Kier molecular flexibility index (Phi) is 3.52. The van der Waals surface area contributed by atoms with Gasteiger partial charge in [-0.3, -0.25) is 4.79 Å². The third-order valence-corrected chi connectivity index (χ3v) is 2.70. The van der Waals surface area contributed by atoms with Gasteiger partial charge in [-0.25, -0.2) is 4.79 Å². The molecule has 0 saturated carbocycles. The van der Waals surface area contributed by atoms with E-state index in [-0.39, 0.29) is 23.1 Å². The maximum absolute atomic E-state index is 12.6. The first-order chi connectivity index (χ1) is 9.34. The first kappa shape index (κ1) is 14.1. The van der Waals surface area contributed by atoms with E-state index >= 15 is 0 Å². The molecule has 0 aliphatic carbocycles. The number of benzene rings is 1. The number of hydrogen-bond acceptors (Lipinski definition) is 3. The number of nitrogens with one attached hydrogen (secondary N) is 1. The summed E-state index contributed by atoms with van der Waals surface area (Å²) in [7, 11) is 0. The molecule has 0 atom stereocenters. The first-order valence-corrected chi connectivity index (χ1v) is 5.74. The van der Waals surface area contributed by atoms with E-state index in [0.29, 0.717) is 0 Å². The second-order valence-corrected chi connectivity index (χ2v) is 4.01. The average Bonchev–Trinajstić information content (AvgIpc) is 2.38. The molecule has 4 nitrogen and oxygen atoms in total. The minimum Gasteiger partial charge on any atom is -0.462 e. The molecule has 2 rings (SSSR count). The summed E-state index contributed by atoms with van der Waals surface area (Å²) in [5.74, 6) is -0.868. The van der Waals surface area contributed by atoms with Crippen molar-refractivity contribution in [1.29, 1.82) is 0 Å². The van der Waals surface area contributed by atoms with Crippen molar-refractivity contribution in [2.75, 3.05) is 6.61 Å². The van der Waals surface area contributed by atoms with Crippen LogP contribution in [0.3, 0.4) is 0 Å². The molecule has 0 aliphatic rings. The van der Waals surface area contributed by atoms with Crippen LogP contribution in [0.4, 0.5) is 13.2 Å². The van der Waals surface area contributed by atoms with Crippen LogP contribution in [0.5, 0.6) is 0 Å². The molecule has 1 heterocycles. The number of rotatable bonds is 2. The summed E-state index contributed by atoms with van der Waals surface area (Å²) in [6.07, 6.45) is -3.42. The summed E-state index contributed by atoms with van der Waals surface area (Å²) in [6, 6.07) is 2.73. The Balaban J connectivity index is 2.65. The number of ether oxygens (including phenoxy) is 1. The molecule has 0 aliphatic heterocycles. The molecule has 0 fully saturated rings. The van der Waals surface area contributed by atoms with Gasteiger partial charge in [0.2, 0.25) is 5.43 Å². The number of fused-ring (bicyclic) bond motifs is 1. The third-order valence-electron chi connectivity index (χ3n) is 2.70. The van der Waals surface area contributed by atoms with Crippen LogP contribution in [0.15, 0.2) is 29.2 Å². The first-order valence-electron chi connectivity index (χ1n) is 5.74. The van der Waals surface area contributed by atoms with Crippen molar-refractivity contribution in [3.8, 4) is 0 Å². The number of alkyl halides is 3. The lowest BCUT2D eigenvalue weighted by molar-refractivity contribution is -0.137. The number of hydrogen-bond donors (Lipinski definition) is 1. The predicted molar refractivity (Wildman–Crippen MR) is 65.5 cm³/mol. The number of halogens is 3. The van der Waals surface area contributed by atoms with E-state index in [1.807, 2.05) is 0 Å². The molecule has 0 amide bonds. The van der Waals surface area contributed by atoms with Crippen molar-refractivity contribution in [2.45, 2.75) is 13.1 Å². The van der Waals surface area contributed by atoms with Gasteiger partial charge in [0, 0.05) is 17.1 Å². The zero-order valence-corrected chi connectivity index (χ0v) is 10.4. The quantitative estimate of drug-likeness (QED) is 0.863. The van der Waals surface area contributed by atoms with Crippen LogP contribution in [-0.4, -0.2) is 17.6 Å². The maximum atomic E-state index is 12.6. The van der Waals surface area contributed by atoms with E-state index in [4.69, 9.17) is 0 Å². The van der Waals surface area contributed by atoms with Crippen molar-refractivity contribution >= 4 is 16.9 Å². The lowest BCUT2D eigenvalue weighted by Crippen LogP contribution is -2.18. The van der Waals surface area contributed by atoms with Crippen molar-refractivity contribution in [3.05, 3.63) is 45.7 Å². The Hall–Kier alpha value is -2.31. The fourth-order valence-corrected chi connectivity index (χ4v) is 1.76. The topological polar surface area (TPSA) is 59.2 Å². The number of esters is 1. The molecular formula is C13H10F3NO3. The van der Waals surface area contributed by atoms with Gasteiger partial charge >= 0.3 is 12.1 Å². The number of carbonyl (C=O) groups is 1. The van der Waals surface area contributed by atoms with E-state index in [0.717, 1.165) is 24.4 Å². The van der Waals surface area contributed by atoms with E-state index in [1.165, 1.54) is 0 Å². The summed E-state index contributed by atoms with van der Waals surface area (Å²) in [5.41, 5.74) is -1.84. The highest BCUT2D eigenvalue weighted by molar-refractivity contribution is 5.93. The lowest BCUT2D eigenvalue weighted by Gasteiger charge is -2.08. The molecule has 1 aromatic carbocycles. The highest BCUT2D eigenvalue weighted by Gasteiger charge is 2.31. The van der Waals surface area contributed by atoms with Crippen LogP contribution in [-0.2, 0) is 10.9 Å². The van der Waals surface area contributed by atoms with Crippen LogP contribution >= 0.6 is 0 Å². The van der Waals surface area contributed by atoms with Gasteiger partial charge in [0.05, 0.1) is 12.2 Å². The minimum atomic E-state index is -4.55. The van der Waals surface area contributed by atoms with Crippen molar-refractivity contribution in [1.82, 2.24) is 4.98 Å². The molecule has 0 unspecified atom stereocenters. The summed E-state index contributed by atoms with van der Waals surface area (Å²) in [6.45, 7) is 1.63. The van der Waals surface area contributed by atoms with Crippen LogP contribution in [0.1, 0.15) is 22.8 Å². The summed E-state index contributed by atoms with van der Waals surface area (Å²) in [5, 5.41) is -0.203. The largest absolute Gasteiger partial charge is 0.462 e. The van der Waals surface area contributed by atoms with Gasteiger partial charge in [0.1, 0.15) is 5.56 Å². The fourth-order valence-electron chi connectivity index (χ4n) is 1.76. The molecule has 106 valence electrons. The molecular weight excluding hydrogens is 275 g/mol. The number of aromatic amines is 1. The van der Waals surface area contributed by atoms with Gasteiger partial charge in [-0.1, -0.05) is 0 Å². The summed E-state index contributed by atoms with van der Waals surface area (Å²) >= 11 is 0. The molecule has 7 heteroatoms. The highest BCUT2D eigenvalue weighted by atomic mass is 19.4. The van der Waals surface area contributed by atoms with Crippen molar-refractivity contribution in [2.24, 2.45) is 0 Å². The monoisotopic (exact) mass is 285 g/mol. The van der Waals surface area contributed by atoms with Crippen LogP contribution in [0.25, 0.3) is 10.9 Å². The van der Waals surface area contributed by atoms with Crippen LogP contribution in [0, 0.1) is 0 Å². The lowest BCUT2D eigenvalue weighted by atomic mass is 10.1.